The van der Waals surface area contributed by atoms with Gasteiger partial charge in [-0.3, -0.25) is 9.36 Å². The monoisotopic (exact) mass is 393 g/mol. The zero-order valence-corrected chi connectivity index (χ0v) is 16.4. The van der Waals surface area contributed by atoms with Crippen LogP contribution in [0.15, 0.2) is 43.0 Å². The van der Waals surface area contributed by atoms with Crippen LogP contribution in [0, 0.1) is 5.92 Å². The maximum atomic E-state index is 12.5. The van der Waals surface area contributed by atoms with Gasteiger partial charge in [0, 0.05) is 24.5 Å². The van der Waals surface area contributed by atoms with Crippen LogP contribution in [0.2, 0.25) is 0 Å². The second-order valence-corrected chi connectivity index (χ2v) is 7.67. The Morgan fingerprint density at radius 2 is 2.10 bits per heavy atom. The minimum absolute atomic E-state index is 0.0570. The van der Waals surface area contributed by atoms with Crippen molar-refractivity contribution in [3.8, 4) is 0 Å². The van der Waals surface area contributed by atoms with Crippen molar-refractivity contribution in [1.82, 2.24) is 19.5 Å². The zero-order chi connectivity index (χ0) is 20.0. The number of hydrogen-bond acceptors (Lipinski definition) is 6. The Morgan fingerprint density at radius 3 is 2.86 bits per heavy atom. The van der Waals surface area contributed by atoms with Crippen molar-refractivity contribution in [3.63, 3.8) is 0 Å². The number of amides is 1. The molecular formula is C21H23N5O3. The minimum atomic E-state index is -0.301. The van der Waals surface area contributed by atoms with Crippen LogP contribution < -0.4 is 5.32 Å². The van der Waals surface area contributed by atoms with E-state index in [0.717, 1.165) is 12.8 Å². The summed E-state index contributed by atoms with van der Waals surface area (Å²) in [6.45, 7) is 5.04. The molecule has 2 bridgehead atoms. The number of imidazole rings is 1. The molecule has 2 aliphatic rings. The molecule has 1 unspecified atom stereocenters. The fraction of sp³-hybridized carbons (Fsp3) is 0.429. The first-order valence-electron chi connectivity index (χ1n) is 9.96. The number of fused-ring (bicyclic) bond motifs is 3. The van der Waals surface area contributed by atoms with E-state index in [4.69, 9.17) is 9.47 Å². The highest BCUT2D eigenvalue weighted by Crippen LogP contribution is 2.50. The lowest BCUT2D eigenvalue weighted by molar-refractivity contribution is -0.0859. The fourth-order valence-corrected chi connectivity index (χ4v) is 4.54. The highest BCUT2D eigenvalue weighted by atomic mass is 16.6. The van der Waals surface area contributed by atoms with E-state index < -0.39 is 0 Å². The van der Waals surface area contributed by atoms with Crippen LogP contribution in [0.1, 0.15) is 43.3 Å². The topological polar surface area (TPSA) is 91.2 Å². The van der Waals surface area contributed by atoms with Crippen LogP contribution in [-0.4, -0.2) is 43.7 Å². The lowest BCUT2D eigenvalue weighted by Gasteiger charge is -2.35. The smallest absolute Gasteiger partial charge is 0.256 e. The summed E-state index contributed by atoms with van der Waals surface area (Å²) in [4.78, 5) is 25.7. The van der Waals surface area contributed by atoms with Gasteiger partial charge in [-0.2, -0.15) is 0 Å². The summed E-state index contributed by atoms with van der Waals surface area (Å²) in [5, 5.41) is 2.84. The molecule has 8 heteroatoms. The van der Waals surface area contributed by atoms with Crippen molar-refractivity contribution in [1.29, 1.82) is 0 Å². The molecule has 2 fully saturated rings. The Hall–Kier alpha value is -2.84. The third-order valence-corrected chi connectivity index (χ3v) is 6.29. The second kappa shape index (κ2) is 6.89. The van der Waals surface area contributed by atoms with Crippen molar-refractivity contribution in [3.05, 3.63) is 48.5 Å². The number of rotatable bonds is 4. The van der Waals surface area contributed by atoms with Gasteiger partial charge >= 0.3 is 0 Å². The quantitative estimate of drug-likeness (QED) is 0.732. The predicted octanol–water partition coefficient (Wildman–Crippen LogP) is 3.18. The maximum Gasteiger partial charge on any atom is 0.256 e. The van der Waals surface area contributed by atoms with Crippen molar-refractivity contribution >= 4 is 22.9 Å². The third-order valence-electron chi connectivity index (χ3n) is 6.29. The summed E-state index contributed by atoms with van der Waals surface area (Å²) in [7, 11) is 0. The van der Waals surface area contributed by atoms with Gasteiger partial charge in [0.25, 0.3) is 5.91 Å². The standard InChI is InChI=1S/C21H23N5O3/c1-3-21-9-10-28-16(13(21)2)20(29-21)26-12-24-15-17(22-11-23-18(15)26)25-19(27)14-7-5-4-6-8-14/h4-8,11-13,16,20H,3,9-10H2,1-2H3,(H,22,23,25,27)/t13?,16-,20+,21+/m0/s1. The van der Waals surface area contributed by atoms with Gasteiger partial charge in [0.1, 0.15) is 12.4 Å². The number of anilines is 1. The van der Waals surface area contributed by atoms with Crippen molar-refractivity contribution in [2.24, 2.45) is 5.92 Å². The molecule has 0 spiro atoms. The Bertz CT molecular complexity index is 1050. The molecule has 150 valence electrons. The van der Waals surface area contributed by atoms with Crippen LogP contribution in [0.4, 0.5) is 5.82 Å². The van der Waals surface area contributed by atoms with Crippen LogP contribution in [0.3, 0.4) is 0 Å². The number of ether oxygens (including phenoxy) is 2. The van der Waals surface area contributed by atoms with E-state index in [1.807, 2.05) is 22.8 Å². The average molecular weight is 393 g/mol. The molecule has 2 aromatic heterocycles. The summed E-state index contributed by atoms with van der Waals surface area (Å²) < 4.78 is 14.5. The fourth-order valence-electron chi connectivity index (χ4n) is 4.54. The molecule has 3 aromatic rings. The molecule has 5 rings (SSSR count). The van der Waals surface area contributed by atoms with E-state index in [0.29, 0.717) is 29.2 Å². The van der Waals surface area contributed by atoms with Crippen molar-refractivity contribution in [2.75, 3.05) is 11.9 Å². The first-order valence-corrected chi connectivity index (χ1v) is 9.96. The Balaban J connectivity index is 1.49. The summed E-state index contributed by atoms with van der Waals surface area (Å²) in [6, 6.07) is 9.01. The Morgan fingerprint density at radius 1 is 1.28 bits per heavy atom. The molecule has 0 radical (unpaired) electrons. The van der Waals surface area contributed by atoms with Gasteiger partial charge in [0.2, 0.25) is 0 Å². The number of benzene rings is 1. The molecule has 4 atom stereocenters. The van der Waals surface area contributed by atoms with Gasteiger partial charge in [-0.05, 0) is 18.6 Å². The SMILES string of the molecule is CC[C@@]12CCO[C@@H](C1C)[C@H](n1cnc3c(NC(=O)c4ccccc4)ncnc31)O2. The van der Waals surface area contributed by atoms with E-state index in [9.17, 15) is 4.79 Å². The molecule has 1 N–H and O–H groups in total. The van der Waals surface area contributed by atoms with Crippen LogP contribution in [0.25, 0.3) is 11.2 Å². The van der Waals surface area contributed by atoms with Crippen LogP contribution in [-0.2, 0) is 9.47 Å². The summed E-state index contributed by atoms with van der Waals surface area (Å²) in [6.07, 6.45) is 4.59. The van der Waals surface area contributed by atoms with E-state index in [1.165, 1.54) is 6.33 Å². The van der Waals surface area contributed by atoms with Gasteiger partial charge in [-0.15, -0.1) is 0 Å². The summed E-state index contributed by atoms with van der Waals surface area (Å²) in [5.41, 5.74) is 1.52. The highest BCUT2D eigenvalue weighted by Gasteiger charge is 2.55. The number of nitrogens with one attached hydrogen (secondary N) is 1. The number of carbonyl (C=O) groups excluding carboxylic acids is 1. The molecule has 8 nitrogen and oxygen atoms in total. The largest absolute Gasteiger partial charge is 0.373 e. The van der Waals surface area contributed by atoms with E-state index in [-0.39, 0.29) is 29.8 Å². The molecule has 0 aliphatic carbocycles. The number of hydrogen-bond donors (Lipinski definition) is 1. The average Bonchev–Trinajstić information content (AvgIpc) is 3.22. The Labute approximate surface area is 168 Å². The molecule has 0 saturated carbocycles. The van der Waals surface area contributed by atoms with Crippen LogP contribution in [0.5, 0.6) is 0 Å². The summed E-state index contributed by atoms with van der Waals surface area (Å²) >= 11 is 0. The van der Waals surface area contributed by atoms with Gasteiger partial charge in [-0.1, -0.05) is 32.0 Å². The molecular weight excluding hydrogens is 370 g/mol. The second-order valence-electron chi connectivity index (χ2n) is 7.67. The Kier molecular flexibility index (Phi) is 4.33. The first kappa shape index (κ1) is 18.2. The van der Waals surface area contributed by atoms with Gasteiger partial charge in [0.15, 0.2) is 23.2 Å². The number of nitrogens with zero attached hydrogens (tertiary/aromatic N) is 4. The van der Waals surface area contributed by atoms with Gasteiger partial charge in [-0.25, -0.2) is 15.0 Å². The number of aromatic nitrogens is 4. The maximum absolute atomic E-state index is 12.5. The lowest BCUT2D eigenvalue weighted by Crippen LogP contribution is -2.42. The van der Waals surface area contributed by atoms with Gasteiger partial charge < -0.3 is 14.8 Å². The van der Waals surface area contributed by atoms with Gasteiger partial charge in [0.05, 0.1) is 11.9 Å². The zero-order valence-electron chi connectivity index (χ0n) is 16.4. The molecule has 2 aliphatic heterocycles. The normalized spacial score (nSPS) is 28.6. The van der Waals surface area contributed by atoms with E-state index >= 15 is 0 Å². The lowest BCUT2D eigenvalue weighted by atomic mass is 9.81. The van der Waals surface area contributed by atoms with E-state index in [2.05, 4.69) is 34.1 Å². The van der Waals surface area contributed by atoms with E-state index in [1.54, 1.807) is 18.5 Å². The van der Waals surface area contributed by atoms with Crippen molar-refractivity contribution < 1.29 is 14.3 Å². The molecule has 2 saturated heterocycles. The number of carbonyl (C=O) groups is 1. The minimum Gasteiger partial charge on any atom is -0.373 e. The molecule has 4 heterocycles. The summed E-state index contributed by atoms with van der Waals surface area (Å²) in [5.74, 6) is 0.417. The third kappa shape index (κ3) is 2.82. The van der Waals surface area contributed by atoms with Crippen molar-refractivity contribution in [2.45, 2.75) is 44.6 Å². The molecule has 29 heavy (non-hydrogen) atoms. The first-order chi connectivity index (χ1) is 14.1. The van der Waals surface area contributed by atoms with Crippen LogP contribution >= 0.6 is 0 Å². The molecule has 1 amide bonds. The highest BCUT2D eigenvalue weighted by molar-refractivity contribution is 6.06. The predicted molar refractivity (Wildman–Crippen MR) is 106 cm³/mol. The molecule has 1 aromatic carbocycles.